The quantitative estimate of drug-likeness (QED) is 0.730. The highest BCUT2D eigenvalue weighted by molar-refractivity contribution is 5.93. The van der Waals surface area contributed by atoms with Crippen molar-refractivity contribution < 1.29 is 9.59 Å². The number of likely N-dealkylation sites (tertiary alicyclic amines) is 1. The van der Waals surface area contributed by atoms with Gasteiger partial charge >= 0.3 is 0 Å². The lowest BCUT2D eigenvalue weighted by atomic mass is 9.78. The van der Waals surface area contributed by atoms with Crippen LogP contribution in [-0.2, 0) is 11.2 Å². The van der Waals surface area contributed by atoms with Gasteiger partial charge in [-0.15, -0.1) is 0 Å². The van der Waals surface area contributed by atoms with Crippen molar-refractivity contribution in [3.8, 4) is 11.1 Å². The lowest BCUT2D eigenvalue weighted by molar-refractivity contribution is -0.126. The Morgan fingerprint density at radius 2 is 1.86 bits per heavy atom. The molecule has 3 aromatic rings. The number of amides is 2. The van der Waals surface area contributed by atoms with E-state index in [4.69, 9.17) is 5.73 Å². The van der Waals surface area contributed by atoms with Crippen molar-refractivity contribution in [1.29, 1.82) is 0 Å². The Bertz CT molecular complexity index is 1020. The molecule has 1 atom stereocenters. The Morgan fingerprint density at radius 3 is 2.59 bits per heavy atom. The van der Waals surface area contributed by atoms with Crippen LogP contribution in [0.1, 0.15) is 22.5 Å². The van der Waals surface area contributed by atoms with Crippen molar-refractivity contribution >= 4 is 11.8 Å². The summed E-state index contributed by atoms with van der Waals surface area (Å²) in [6.07, 6.45) is 6.13. The molecule has 146 valence electrons. The molecule has 0 aliphatic carbocycles. The number of hydrogen-bond donors (Lipinski definition) is 1. The highest BCUT2D eigenvalue weighted by Gasteiger charge is 2.45. The minimum Gasteiger partial charge on any atom is -0.369 e. The number of benzene rings is 1. The topological polar surface area (TPSA) is 89.2 Å². The number of pyridine rings is 2. The van der Waals surface area contributed by atoms with Crippen LogP contribution in [0.25, 0.3) is 11.1 Å². The summed E-state index contributed by atoms with van der Waals surface area (Å²) in [4.78, 5) is 35.4. The maximum absolute atomic E-state index is 12.8. The van der Waals surface area contributed by atoms with E-state index in [0.29, 0.717) is 31.6 Å². The molecule has 2 N–H and O–H groups in total. The molecule has 29 heavy (non-hydrogen) atoms. The number of hydrogen-bond acceptors (Lipinski definition) is 4. The zero-order valence-corrected chi connectivity index (χ0v) is 16.0. The molecule has 0 radical (unpaired) electrons. The third kappa shape index (κ3) is 3.74. The number of carbonyl (C=O) groups excluding carboxylic acids is 2. The fourth-order valence-electron chi connectivity index (χ4n) is 3.97. The Hall–Kier alpha value is -3.54. The smallest absolute Gasteiger partial charge is 0.272 e. The molecule has 1 saturated heterocycles. The molecule has 1 aliphatic heterocycles. The molecule has 1 fully saturated rings. The van der Waals surface area contributed by atoms with Crippen LogP contribution in [-0.4, -0.2) is 39.8 Å². The van der Waals surface area contributed by atoms with Crippen LogP contribution in [0.3, 0.4) is 0 Å². The minimum atomic E-state index is -0.803. The van der Waals surface area contributed by atoms with Crippen molar-refractivity contribution in [3.63, 3.8) is 0 Å². The van der Waals surface area contributed by atoms with E-state index in [0.717, 1.165) is 16.7 Å². The number of primary amides is 1. The predicted octanol–water partition coefficient (Wildman–Crippen LogP) is 2.70. The lowest BCUT2D eigenvalue weighted by Crippen LogP contribution is -2.42. The monoisotopic (exact) mass is 386 g/mol. The zero-order valence-electron chi connectivity index (χ0n) is 16.0. The van der Waals surface area contributed by atoms with Gasteiger partial charge in [-0.2, -0.15) is 0 Å². The van der Waals surface area contributed by atoms with Gasteiger partial charge in [-0.1, -0.05) is 36.4 Å². The Balaban J connectivity index is 1.62. The number of aromatic nitrogens is 2. The molecule has 2 aromatic heterocycles. The van der Waals surface area contributed by atoms with Crippen LogP contribution in [0, 0.1) is 5.41 Å². The number of rotatable bonds is 5. The normalized spacial score (nSPS) is 18.6. The summed E-state index contributed by atoms with van der Waals surface area (Å²) in [7, 11) is 0. The van der Waals surface area contributed by atoms with Crippen molar-refractivity contribution in [2.24, 2.45) is 11.1 Å². The van der Waals surface area contributed by atoms with Crippen LogP contribution < -0.4 is 5.73 Å². The fourth-order valence-corrected chi connectivity index (χ4v) is 3.97. The molecular formula is C23H22N4O2. The van der Waals surface area contributed by atoms with Crippen LogP contribution in [0.4, 0.5) is 0 Å². The van der Waals surface area contributed by atoms with E-state index in [-0.39, 0.29) is 11.8 Å². The highest BCUT2D eigenvalue weighted by Crippen LogP contribution is 2.37. The van der Waals surface area contributed by atoms with Crippen molar-refractivity contribution in [2.75, 3.05) is 13.1 Å². The molecule has 6 nitrogen and oxygen atoms in total. The third-order valence-corrected chi connectivity index (χ3v) is 5.57. The highest BCUT2D eigenvalue weighted by atomic mass is 16.2. The van der Waals surface area contributed by atoms with Crippen molar-refractivity contribution in [1.82, 2.24) is 14.9 Å². The van der Waals surface area contributed by atoms with Gasteiger partial charge in [0.05, 0.1) is 5.41 Å². The number of nitrogens with two attached hydrogens (primary N) is 1. The second kappa shape index (κ2) is 7.83. The second-order valence-electron chi connectivity index (χ2n) is 7.41. The zero-order chi connectivity index (χ0) is 20.3. The summed E-state index contributed by atoms with van der Waals surface area (Å²) >= 11 is 0. The minimum absolute atomic E-state index is 0.172. The average Bonchev–Trinajstić information content (AvgIpc) is 3.20. The van der Waals surface area contributed by atoms with Crippen molar-refractivity contribution in [2.45, 2.75) is 12.8 Å². The standard InChI is InChI=1S/C23H22N4O2/c24-22(29)23(10-13-27(16-23)21(28)20-9-3-4-12-26-20)14-17-6-1-2-8-19(17)18-7-5-11-25-15-18/h1-9,11-12,15H,10,13-14,16H2,(H2,24,29). The van der Waals surface area contributed by atoms with Crippen LogP contribution in [0.5, 0.6) is 0 Å². The number of carbonyl (C=O) groups is 2. The van der Waals surface area contributed by atoms with E-state index in [1.54, 1.807) is 41.7 Å². The summed E-state index contributed by atoms with van der Waals surface area (Å²) < 4.78 is 0. The second-order valence-corrected chi connectivity index (χ2v) is 7.41. The SMILES string of the molecule is NC(=O)C1(Cc2ccccc2-c2cccnc2)CCN(C(=O)c2ccccn2)C1. The van der Waals surface area contributed by atoms with Gasteiger partial charge in [0.25, 0.3) is 5.91 Å². The van der Waals surface area contributed by atoms with E-state index in [2.05, 4.69) is 9.97 Å². The lowest BCUT2D eigenvalue weighted by Gasteiger charge is -2.27. The summed E-state index contributed by atoms with van der Waals surface area (Å²) in [6, 6.07) is 17.1. The maximum atomic E-state index is 12.8. The van der Waals surface area contributed by atoms with Crippen LogP contribution >= 0.6 is 0 Å². The van der Waals surface area contributed by atoms with Gasteiger partial charge in [0.15, 0.2) is 0 Å². The first-order valence-corrected chi connectivity index (χ1v) is 9.58. The van der Waals surface area contributed by atoms with E-state index in [1.165, 1.54) is 0 Å². The third-order valence-electron chi connectivity index (χ3n) is 5.57. The molecule has 0 bridgehead atoms. The first kappa shape index (κ1) is 18.8. The molecule has 6 heteroatoms. The molecule has 3 heterocycles. The van der Waals surface area contributed by atoms with E-state index in [1.807, 2.05) is 36.4 Å². The van der Waals surface area contributed by atoms with E-state index in [9.17, 15) is 9.59 Å². The van der Waals surface area contributed by atoms with Crippen LogP contribution in [0.2, 0.25) is 0 Å². The summed E-state index contributed by atoms with van der Waals surface area (Å²) in [6.45, 7) is 0.770. The molecule has 0 saturated carbocycles. The largest absolute Gasteiger partial charge is 0.369 e. The summed E-state index contributed by atoms with van der Waals surface area (Å²) in [5.74, 6) is -0.552. The average molecular weight is 386 g/mol. The van der Waals surface area contributed by atoms with Gasteiger partial charge in [-0.25, -0.2) is 0 Å². The van der Waals surface area contributed by atoms with Gasteiger partial charge in [-0.3, -0.25) is 19.6 Å². The van der Waals surface area contributed by atoms with Gasteiger partial charge < -0.3 is 10.6 Å². The fraction of sp³-hybridized carbons (Fsp3) is 0.217. The molecule has 2 amide bonds. The summed E-state index contributed by atoms with van der Waals surface area (Å²) in [5, 5.41) is 0. The van der Waals surface area contributed by atoms with Gasteiger partial charge in [0.1, 0.15) is 5.69 Å². The van der Waals surface area contributed by atoms with Gasteiger partial charge in [-0.05, 0) is 42.2 Å². The van der Waals surface area contributed by atoms with Gasteiger partial charge in [0.2, 0.25) is 5.91 Å². The van der Waals surface area contributed by atoms with Gasteiger partial charge in [0, 0.05) is 37.2 Å². The number of nitrogens with zero attached hydrogens (tertiary/aromatic N) is 3. The molecule has 1 aromatic carbocycles. The Kier molecular flexibility index (Phi) is 5.08. The first-order valence-electron chi connectivity index (χ1n) is 9.58. The van der Waals surface area contributed by atoms with Crippen LogP contribution in [0.15, 0.2) is 73.2 Å². The van der Waals surface area contributed by atoms with E-state index >= 15 is 0 Å². The molecule has 0 spiro atoms. The molecular weight excluding hydrogens is 364 g/mol. The summed E-state index contributed by atoms with van der Waals surface area (Å²) in [5.41, 5.74) is 8.47. The Morgan fingerprint density at radius 1 is 1.03 bits per heavy atom. The Labute approximate surface area is 169 Å². The van der Waals surface area contributed by atoms with Crippen molar-refractivity contribution in [3.05, 3.63) is 84.4 Å². The predicted molar refractivity (Wildman–Crippen MR) is 110 cm³/mol. The molecule has 1 unspecified atom stereocenters. The first-order chi connectivity index (χ1) is 14.1. The van der Waals surface area contributed by atoms with E-state index < -0.39 is 5.41 Å². The molecule has 1 aliphatic rings. The maximum Gasteiger partial charge on any atom is 0.272 e. The molecule has 4 rings (SSSR count).